The smallest absolute Gasteiger partial charge is 0.110 e. The Morgan fingerprint density at radius 1 is 1.22 bits per heavy atom. The minimum absolute atomic E-state index is 0.0738. The average molecular weight is 254 g/mol. The normalized spacial score (nSPS) is 35.1. The van der Waals surface area contributed by atoms with Gasteiger partial charge in [-0.2, -0.15) is 0 Å². The predicted octanol–water partition coefficient (Wildman–Crippen LogP) is 1.04. The number of ether oxygens (including phenoxy) is 1. The summed E-state index contributed by atoms with van der Waals surface area (Å²) in [6, 6.07) is -1.60. The SMILES string of the molecule is C=CCOC1[C@@H](O)[C@H](N=[N+]=[N-])C[C@H](N=[N+]=[N-])[C@H]1O. The molecule has 1 rings (SSSR count). The molecule has 1 fully saturated rings. The highest BCUT2D eigenvalue weighted by molar-refractivity contribution is 5.00. The van der Waals surface area contributed by atoms with E-state index in [2.05, 4.69) is 26.6 Å². The first-order valence-electron chi connectivity index (χ1n) is 5.32. The molecule has 0 radical (unpaired) electrons. The maximum atomic E-state index is 9.92. The number of hydrogen-bond acceptors (Lipinski definition) is 5. The Kier molecular flexibility index (Phi) is 5.44. The van der Waals surface area contributed by atoms with Crippen molar-refractivity contribution in [1.82, 2.24) is 0 Å². The van der Waals surface area contributed by atoms with E-state index in [1.165, 1.54) is 6.08 Å². The van der Waals surface area contributed by atoms with Crippen molar-refractivity contribution >= 4 is 0 Å². The zero-order valence-corrected chi connectivity index (χ0v) is 9.57. The van der Waals surface area contributed by atoms with E-state index in [1.807, 2.05) is 0 Å². The molecule has 9 heteroatoms. The van der Waals surface area contributed by atoms with Crippen LogP contribution in [0, 0.1) is 0 Å². The predicted molar refractivity (Wildman–Crippen MR) is 62.4 cm³/mol. The summed E-state index contributed by atoms with van der Waals surface area (Å²) in [6.45, 7) is 3.57. The Morgan fingerprint density at radius 2 is 1.72 bits per heavy atom. The van der Waals surface area contributed by atoms with E-state index in [1.54, 1.807) is 0 Å². The Labute approximate surface area is 103 Å². The Balaban J connectivity index is 2.92. The average Bonchev–Trinajstić information content (AvgIpc) is 2.35. The van der Waals surface area contributed by atoms with Gasteiger partial charge in [-0.25, -0.2) is 0 Å². The van der Waals surface area contributed by atoms with Gasteiger partial charge in [0.1, 0.15) is 6.10 Å². The lowest BCUT2D eigenvalue weighted by molar-refractivity contribution is -0.126. The molecule has 1 unspecified atom stereocenters. The molecule has 9 nitrogen and oxygen atoms in total. The molecule has 98 valence electrons. The first-order valence-corrected chi connectivity index (χ1v) is 5.32. The lowest BCUT2D eigenvalue weighted by atomic mass is 9.84. The van der Waals surface area contributed by atoms with Gasteiger partial charge in [0.05, 0.1) is 30.9 Å². The highest BCUT2D eigenvalue weighted by Gasteiger charge is 2.43. The second-order valence-corrected chi connectivity index (χ2v) is 3.85. The summed E-state index contributed by atoms with van der Waals surface area (Å²) in [5.41, 5.74) is 16.8. The minimum Gasteiger partial charge on any atom is -0.390 e. The Hall–Kier alpha value is -1.76. The maximum absolute atomic E-state index is 9.92. The number of aliphatic hydroxyl groups is 2. The first-order chi connectivity index (χ1) is 8.65. The maximum Gasteiger partial charge on any atom is 0.110 e. The molecule has 2 N–H and O–H groups in total. The molecule has 1 saturated carbocycles. The molecule has 18 heavy (non-hydrogen) atoms. The standard InChI is InChI=1S/C9H14N6O3/c1-2-3-18-9-7(16)5(12-14-10)4-6(8(9)17)13-15-11/h2,5-9,16-17H,1,3-4H2/t5-,6+,7+,8-,9?. The molecule has 1 aliphatic rings. The lowest BCUT2D eigenvalue weighted by Gasteiger charge is -2.39. The van der Waals surface area contributed by atoms with Crippen LogP contribution in [0.1, 0.15) is 6.42 Å². The van der Waals surface area contributed by atoms with Crippen LogP contribution in [0.5, 0.6) is 0 Å². The summed E-state index contributed by atoms with van der Waals surface area (Å²) in [5, 5.41) is 26.7. The van der Waals surface area contributed by atoms with Gasteiger partial charge in [-0.15, -0.1) is 6.58 Å². The van der Waals surface area contributed by atoms with E-state index >= 15 is 0 Å². The third-order valence-corrected chi connectivity index (χ3v) is 2.75. The van der Waals surface area contributed by atoms with E-state index < -0.39 is 30.4 Å². The fraction of sp³-hybridized carbons (Fsp3) is 0.778. The molecule has 0 saturated heterocycles. The molecule has 0 aromatic carbocycles. The van der Waals surface area contributed by atoms with Crippen molar-refractivity contribution in [2.45, 2.75) is 36.8 Å². The van der Waals surface area contributed by atoms with E-state index in [-0.39, 0.29) is 13.0 Å². The highest BCUT2D eigenvalue weighted by atomic mass is 16.5. The van der Waals surface area contributed by atoms with Crippen LogP contribution in [0.2, 0.25) is 0 Å². The molecule has 0 amide bonds. The second-order valence-electron chi connectivity index (χ2n) is 3.85. The molecule has 0 aromatic rings. The number of rotatable bonds is 5. The largest absolute Gasteiger partial charge is 0.390 e. The summed E-state index contributed by atoms with van der Waals surface area (Å²) in [5.74, 6) is 0. The van der Waals surface area contributed by atoms with Gasteiger partial charge < -0.3 is 14.9 Å². The molecular formula is C9H14N6O3. The van der Waals surface area contributed by atoms with Crippen molar-refractivity contribution in [3.05, 3.63) is 33.5 Å². The fourth-order valence-corrected chi connectivity index (χ4v) is 1.91. The van der Waals surface area contributed by atoms with Crippen LogP contribution in [0.4, 0.5) is 0 Å². The summed E-state index contributed by atoms with van der Waals surface area (Å²) in [4.78, 5) is 5.23. The third kappa shape index (κ3) is 3.13. The second kappa shape index (κ2) is 6.85. The number of hydrogen-bond donors (Lipinski definition) is 2. The van der Waals surface area contributed by atoms with Crippen molar-refractivity contribution in [3.63, 3.8) is 0 Å². The van der Waals surface area contributed by atoms with Crippen LogP contribution in [0.25, 0.3) is 20.9 Å². The molecule has 1 aliphatic carbocycles. The summed E-state index contributed by atoms with van der Waals surface area (Å²) in [7, 11) is 0. The van der Waals surface area contributed by atoms with Crippen molar-refractivity contribution in [1.29, 1.82) is 0 Å². The summed E-state index contributed by atoms with van der Waals surface area (Å²) in [6.07, 6.45) is -1.76. The minimum atomic E-state index is -1.15. The lowest BCUT2D eigenvalue weighted by Crippen LogP contribution is -2.55. The number of aliphatic hydroxyl groups excluding tert-OH is 2. The van der Waals surface area contributed by atoms with Gasteiger partial charge in [0.2, 0.25) is 0 Å². The molecule has 0 heterocycles. The Morgan fingerprint density at radius 3 is 2.11 bits per heavy atom. The van der Waals surface area contributed by atoms with E-state index in [9.17, 15) is 10.2 Å². The van der Waals surface area contributed by atoms with Crippen LogP contribution >= 0.6 is 0 Å². The summed E-state index contributed by atoms with van der Waals surface area (Å²) >= 11 is 0. The molecule has 5 atom stereocenters. The van der Waals surface area contributed by atoms with Crippen molar-refractivity contribution in [3.8, 4) is 0 Å². The van der Waals surface area contributed by atoms with Gasteiger partial charge >= 0.3 is 0 Å². The molecule has 0 aliphatic heterocycles. The van der Waals surface area contributed by atoms with E-state index in [0.717, 1.165) is 0 Å². The van der Waals surface area contributed by atoms with Crippen LogP contribution in [0.3, 0.4) is 0 Å². The van der Waals surface area contributed by atoms with Crippen LogP contribution < -0.4 is 0 Å². The highest BCUT2D eigenvalue weighted by Crippen LogP contribution is 2.27. The zero-order valence-electron chi connectivity index (χ0n) is 9.57. The molecule has 0 aromatic heterocycles. The van der Waals surface area contributed by atoms with Crippen molar-refractivity contribution in [2.75, 3.05) is 6.61 Å². The summed E-state index contributed by atoms with van der Waals surface area (Å²) < 4.78 is 5.23. The van der Waals surface area contributed by atoms with Crippen LogP contribution in [0.15, 0.2) is 22.9 Å². The monoisotopic (exact) mass is 254 g/mol. The van der Waals surface area contributed by atoms with Gasteiger partial charge in [-0.1, -0.05) is 16.3 Å². The van der Waals surface area contributed by atoms with Gasteiger partial charge in [-0.3, -0.25) is 0 Å². The fourth-order valence-electron chi connectivity index (χ4n) is 1.91. The molecule has 0 bridgehead atoms. The first kappa shape index (κ1) is 14.3. The zero-order chi connectivity index (χ0) is 13.5. The van der Waals surface area contributed by atoms with Gasteiger partial charge in [0, 0.05) is 9.82 Å². The van der Waals surface area contributed by atoms with Crippen LogP contribution in [-0.4, -0.2) is 47.2 Å². The molecular weight excluding hydrogens is 240 g/mol. The number of nitrogens with zero attached hydrogens (tertiary/aromatic N) is 6. The third-order valence-electron chi connectivity index (χ3n) is 2.75. The quantitative estimate of drug-likeness (QED) is 0.326. The van der Waals surface area contributed by atoms with E-state index in [4.69, 9.17) is 15.8 Å². The number of azide groups is 2. The van der Waals surface area contributed by atoms with Crippen LogP contribution in [-0.2, 0) is 4.74 Å². The Bertz CT molecular complexity index is 360. The van der Waals surface area contributed by atoms with E-state index in [0.29, 0.717) is 0 Å². The topological polar surface area (TPSA) is 147 Å². The van der Waals surface area contributed by atoms with Gasteiger partial charge in [0.15, 0.2) is 0 Å². The van der Waals surface area contributed by atoms with Gasteiger partial charge in [-0.05, 0) is 17.5 Å². The van der Waals surface area contributed by atoms with Crippen molar-refractivity contribution < 1.29 is 14.9 Å². The molecule has 0 spiro atoms. The van der Waals surface area contributed by atoms with Crippen molar-refractivity contribution in [2.24, 2.45) is 10.2 Å². The van der Waals surface area contributed by atoms with Gasteiger partial charge in [0.25, 0.3) is 0 Å².